The summed E-state index contributed by atoms with van der Waals surface area (Å²) in [6.45, 7) is 4.24. The first kappa shape index (κ1) is 17.0. The third kappa shape index (κ3) is 3.79. The molecule has 5 nitrogen and oxygen atoms in total. The maximum absolute atomic E-state index is 11.9. The van der Waals surface area contributed by atoms with Crippen molar-refractivity contribution in [3.05, 3.63) is 57.5 Å². The second-order valence-electron chi connectivity index (χ2n) is 6.47. The van der Waals surface area contributed by atoms with Gasteiger partial charge >= 0.3 is 0 Å². The SMILES string of the molecule is CC1CC(Nc2cnn(C)c(=O)c2Cl)CCN1Cc1ccccc1. The third-order valence-electron chi connectivity index (χ3n) is 4.68. The van der Waals surface area contributed by atoms with Crippen molar-refractivity contribution >= 4 is 17.3 Å². The van der Waals surface area contributed by atoms with Crippen molar-refractivity contribution in [3.63, 3.8) is 0 Å². The number of halogens is 1. The van der Waals surface area contributed by atoms with E-state index in [4.69, 9.17) is 11.6 Å². The average Bonchev–Trinajstić information content (AvgIpc) is 2.59. The first-order chi connectivity index (χ1) is 11.5. The summed E-state index contributed by atoms with van der Waals surface area (Å²) in [7, 11) is 1.60. The lowest BCUT2D eigenvalue weighted by molar-refractivity contribution is 0.144. The minimum Gasteiger partial charge on any atom is -0.380 e. The van der Waals surface area contributed by atoms with Crippen molar-refractivity contribution in [1.29, 1.82) is 0 Å². The third-order valence-corrected chi connectivity index (χ3v) is 5.05. The maximum atomic E-state index is 11.9. The van der Waals surface area contributed by atoms with E-state index in [-0.39, 0.29) is 10.6 Å². The normalized spacial score (nSPS) is 21.6. The highest BCUT2D eigenvalue weighted by Crippen LogP contribution is 2.24. The molecule has 1 aromatic carbocycles. The van der Waals surface area contributed by atoms with Crippen LogP contribution in [-0.4, -0.2) is 33.3 Å². The van der Waals surface area contributed by atoms with Gasteiger partial charge in [-0.2, -0.15) is 5.10 Å². The van der Waals surface area contributed by atoms with Crippen LogP contribution in [-0.2, 0) is 13.6 Å². The molecule has 0 aliphatic carbocycles. The number of hydrogen-bond acceptors (Lipinski definition) is 4. The highest BCUT2D eigenvalue weighted by Gasteiger charge is 2.26. The van der Waals surface area contributed by atoms with Crippen LogP contribution in [0.15, 0.2) is 41.3 Å². The number of likely N-dealkylation sites (tertiary alicyclic amines) is 1. The van der Waals surface area contributed by atoms with Crippen LogP contribution in [0.25, 0.3) is 0 Å². The van der Waals surface area contributed by atoms with Gasteiger partial charge in [-0.1, -0.05) is 41.9 Å². The fourth-order valence-corrected chi connectivity index (χ4v) is 3.46. The standard InChI is InChI=1S/C18H23ClN4O/c1-13-10-15(21-16-11-20-22(2)18(24)17(16)19)8-9-23(13)12-14-6-4-3-5-7-14/h3-7,11,13,15,21H,8-10,12H2,1-2H3. The molecule has 1 fully saturated rings. The summed E-state index contributed by atoms with van der Waals surface area (Å²) in [6, 6.07) is 11.3. The number of piperidine rings is 1. The molecule has 6 heteroatoms. The van der Waals surface area contributed by atoms with Gasteiger partial charge in [-0.3, -0.25) is 9.69 Å². The van der Waals surface area contributed by atoms with E-state index in [0.29, 0.717) is 17.8 Å². The zero-order valence-electron chi connectivity index (χ0n) is 14.1. The maximum Gasteiger partial charge on any atom is 0.287 e. The van der Waals surface area contributed by atoms with E-state index in [1.807, 2.05) is 6.07 Å². The van der Waals surface area contributed by atoms with E-state index in [2.05, 4.69) is 46.5 Å². The lowest BCUT2D eigenvalue weighted by Gasteiger charge is -2.38. The number of rotatable bonds is 4. The predicted molar refractivity (Wildman–Crippen MR) is 97.4 cm³/mol. The molecule has 1 aliphatic rings. The van der Waals surface area contributed by atoms with E-state index in [9.17, 15) is 4.79 Å². The van der Waals surface area contributed by atoms with Crippen LogP contribution >= 0.6 is 11.6 Å². The Morgan fingerprint density at radius 2 is 2.08 bits per heavy atom. The number of hydrogen-bond donors (Lipinski definition) is 1. The van der Waals surface area contributed by atoms with Gasteiger partial charge < -0.3 is 5.32 Å². The summed E-state index contributed by atoms with van der Waals surface area (Å²) >= 11 is 6.14. The van der Waals surface area contributed by atoms with E-state index in [1.54, 1.807) is 13.2 Å². The second-order valence-corrected chi connectivity index (χ2v) is 6.85. The van der Waals surface area contributed by atoms with Gasteiger partial charge in [-0.05, 0) is 25.3 Å². The summed E-state index contributed by atoms with van der Waals surface area (Å²) in [5.41, 5.74) is 1.71. The fraction of sp³-hybridized carbons (Fsp3) is 0.444. The smallest absolute Gasteiger partial charge is 0.287 e. The van der Waals surface area contributed by atoms with Crippen molar-refractivity contribution in [1.82, 2.24) is 14.7 Å². The number of benzene rings is 1. The van der Waals surface area contributed by atoms with E-state index in [0.717, 1.165) is 25.9 Å². The summed E-state index contributed by atoms with van der Waals surface area (Å²) in [5.74, 6) is 0. The van der Waals surface area contributed by atoms with Crippen molar-refractivity contribution in [2.24, 2.45) is 7.05 Å². The summed E-state index contributed by atoms with van der Waals surface area (Å²) < 4.78 is 1.25. The molecule has 1 aliphatic heterocycles. The molecule has 0 radical (unpaired) electrons. The van der Waals surface area contributed by atoms with Gasteiger partial charge in [0.05, 0.1) is 11.9 Å². The summed E-state index contributed by atoms with van der Waals surface area (Å²) in [4.78, 5) is 14.4. The van der Waals surface area contributed by atoms with Gasteiger partial charge in [0.15, 0.2) is 0 Å². The lowest BCUT2D eigenvalue weighted by Crippen LogP contribution is -2.44. The molecule has 0 bridgehead atoms. The van der Waals surface area contributed by atoms with E-state index < -0.39 is 0 Å². The lowest BCUT2D eigenvalue weighted by atomic mass is 9.97. The van der Waals surface area contributed by atoms with Crippen LogP contribution < -0.4 is 10.9 Å². The van der Waals surface area contributed by atoms with Crippen LogP contribution in [0.1, 0.15) is 25.3 Å². The molecule has 0 saturated carbocycles. The number of nitrogens with one attached hydrogen (secondary N) is 1. The van der Waals surface area contributed by atoms with Crippen molar-refractivity contribution in [2.75, 3.05) is 11.9 Å². The molecule has 1 aromatic heterocycles. The fourth-order valence-electron chi connectivity index (χ4n) is 3.24. The van der Waals surface area contributed by atoms with Crippen LogP contribution in [0, 0.1) is 0 Å². The van der Waals surface area contributed by atoms with Gasteiger partial charge in [-0.15, -0.1) is 0 Å². The van der Waals surface area contributed by atoms with Gasteiger partial charge in [0.2, 0.25) is 0 Å². The number of aromatic nitrogens is 2. The predicted octanol–water partition coefficient (Wildman–Crippen LogP) is 2.90. The molecule has 2 heterocycles. The molecule has 128 valence electrons. The molecule has 2 aromatic rings. The van der Waals surface area contributed by atoms with Crippen LogP contribution in [0.5, 0.6) is 0 Å². The molecule has 2 unspecified atom stereocenters. The number of aryl methyl sites for hydroxylation is 1. The van der Waals surface area contributed by atoms with Crippen LogP contribution in [0.4, 0.5) is 5.69 Å². The topological polar surface area (TPSA) is 50.2 Å². The highest BCUT2D eigenvalue weighted by atomic mass is 35.5. The Bertz CT molecular complexity index is 746. The molecule has 0 amide bonds. The van der Waals surface area contributed by atoms with Crippen LogP contribution in [0.3, 0.4) is 0 Å². The second kappa shape index (κ2) is 7.36. The van der Waals surface area contributed by atoms with E-state index in [1.165, 1.54) is 10.2 Å². The van der Waals surface area contributed by atoms with Gasteiger partial charge in [0.25, 0.3) is 5.56 Å². The molecule has 2 atom stereocenters. The Balaban J connectivity index is 1.62. The van der Waals surface area contributed by atoms with Gasteiger partial charge in [-0.25, -0.2) is 4.68 Å². The number of anilines is 1. The van der Waals surface area contributed by atoms with Crippen molar-refractivity contribution < 1.29 is 0 Å². The van der Waals surface area contributed by atoms with Crippen molar-refractivity contribution in [3.8, 4) is 0 Å². The van der Waals surface area contributed by atoms with Gasteiger partial charge in [0, 0.05) is 32.2 Å². The van der Waals surface area contributed by atoms with Crippen molar-refractivity contribution in [2.45, 2.75) is 38.4 Å². The Hall–Kier alpha value is -1.85. The molecule has 24 heavy (non-hydrogen) atoms. The average molecular weight is 347 g/mol. The minimum atomic E-state index is -0.267. The Labute approximate surface area is 147 Å². The Morgan fingerprint density at radius 1 is 1.33 bits per heavy atom. The van der Waals surface area contributed by atoms with Crippen LogP contribution in [0.2, 0.25) is 5.02 Å². The first-order valence-electron chi connectivity index (χ1n) is 8.31. The summed E-state index contributed by atoms with van der Waals surface area (Å²) in [5, 5.41) is 7.65. The zero-order valence-corrected chi connectivity index (χ0v) is 14.8. The molecular weight excluding hydrogens is 324 g/mol. The molecular formula is C18H23ClN4O. The Morgan fingerprint density at radius 3 is 2.79 bits per heavy atom. The summed E-state index contributed by atoms with van der Waals surface area (Å²) in [6.07, 6.45) is 3.66. The molecule has 1 saturated heterocycles. The monoisotopic (exact) mass is 346 g/mol. The molecule has 1 N–H and O–H groups in total. The zero-order chi connectivity index (χ0) is 17.1. The quantitative estimate of drug-likeness (QED) is 0.924. The molecule has 0 spiro atoms. The first-order valence-corrected chi connectivity index (χ1v) is 8.68. The number of nitrogens with zero attached hydrogens (tertiary/aromatic N) is 3. The largest absolute Gasteiger partial charge is 0.380 e. The van der Waals surface area contributed by atoms with E-state index >= 15 is 0 Å². The highest BCUT2D eigenvalue weighted by molar-refractivity contribution is 6.32. The Kier molecular flexibility index (Phi) is 5.21. The van der Waals surface area contributed by atoms with Gasteiger partial charge in [0.1, 0.15) is 5.02 Å². The molecule has 3 rings (SSSR count). The minimum absolute atomic E-state index is 0.215.